The second-order valence-electron chi connectivity index (χ2n) is 13.2. The first-order chi connectivity index (χ1) is 17.6. The topological polar surface area (TPSA) is 178 Å². The van der Waals surface area contributed by atoms with Gasteiger partial charge < -0.3 is 26.2 Å². The Morgan fingerprint density at radius 1 is 1.05 bits per heavy atom. The third-order valence-electron chi connectivity index (χ3n) is 11.4. The van der Waals surface area contributed by atoms with Gasteiger partial charge in [0.2, 0.25) is 0 Å². The molecule has 0 spiro atoms. The zero-order valence-electron chi connectivity index (χ0n) is 23.5. The number of aliphatic hydroxyl groups is 3. The van der Waals surface area contributed by atoms with Crippen LogP contribution >= 0.6 is 0 Å². The molecule has 0 saturated heterocycles. The quantitative estimate of drug-likeness (QED) is 0.255. The first-order valence-corrected chi connectivity index (χ1v) is 16.1. The van der Waals surface area contributed by atoms with Crippen LogP contribution in [-0.2, 0) is 14.9 Å². The van der Waals surface area contributed by atoms with Gasteiger partial charge in [0, 0.05) is 13.0 Å². The summed E-state index contributed by atoms with van der Waals surface area (Å²) in [6.45, 7) is 8.93. The lowest BCUT2D eigenvalue weighted by molar-refractivity contribution is -0.228. The molecule has 0 aliphatic heterocycles. The van der Waals surface area contributed by atoms with Gasteiger partial charge in [-0.1, -0.05) is 34.1 Å². The van der Waals surface area contributed by atoms with Crippen LogP contribution in [0.2, 0.25) is 0 Å². The number of fused-ring (bicyclic) bond motifs is 5. The van der Waals surface area contributed by atoms with Gasteiger partial charge in [-0.25, -0.2) is 0 Å². The Labute approximate surface area is 228 Å². The van der Waals surface area contributed by atoms with E-state index in [9.17, 15) is 28.5 Å². The van der Waals surface area contributed by atoms with E-state index in [4.69, 9.17) is 15.4 Å². The van der Waals surface area contributed by atoms with E-state index < -0.39 is 22.2 Å². The number of aliphatic hydroxyl groups excluding tert-OH is 3. The lowest BCUT2D eigenvalue weighted by atomic mass is 9.41. The normalized spacial score (nSPS) is 45.1. The molecular weight excluding hydrogens is 510 g/mol. The van der Waals surface area contributed by atoms with Crippen molar-refractivity contribution in [1.29, 1.82) is 0 Å². The van der Waals surface area contributed by atoms with Crippen LogP contribution in [0.4, 0.5) is 0 Å². The van der Waals surface area contributed by atoms with Crippen molar-refractivity contribution in [2.24, 2.45) is 58.0 Å². The van der Waals surface area contributed by atoms with Gasteiger partial charge in [-0.15, -0.1) is 0 Å². The van der Waals surface area contributed by atoms with Crippen LogP contribution in [0.3, 0.4) is 0 Å². The van der Waals surface area contributed by atoms with Gasteiger partial charge in [0.1, 0.15) is 0 Å². The van der Waals surface area contributed by atoms with E-state index in [1.54, 1.807) is 0 Å². The van der Waals surface area contributed by atoms with Gasteiger partial charge in [0.25, 0.3) is 10.1 Å². The number of hydrogen-bond donors (Lipinski definition) is 6. The smallest absolute Gasteiger partial charge is 0.303 e. The third kappa shape index (κ3) is 5.96. The van der Waals surface area contributed by atoms with Crippen LogP contribution in [-0.4, -0.2) is 70.0 Å². The fraction of sp³-hybridized carbons (Fsp3) is 0.964. The lowest BCUT2D eigenvalue weighted by Crippen LogP contribution is -2.65. The predicted molar refractivity (Wildman–Crippen MR) is 145 cm³/mol. The maximum Gasteiger partial charge on any atom is 0.303 e. The molecule has 12 atom stereocenters. The first-order valence-electron chi connectivity index (χ1n) is 14.5. The summed E-state index contributed by atoms with van der Waals surface area (Å²) in [6.07, 6.45) is 6.09. The minimum absolute atomic E-state index is 0.0289. The lowest BCUT2D eigenvalue weighted by Gasteiger charge is -2.65. The summed E-state index contributed by atoms with van der Waals surface area (Å²) in [5, 5.41) is 42.9. The van der Waals surface area contributed by atoms with E-state index in [-0.39, 0.29) is 65.4 Å². The van der Waals surface area contributed by atoms with Gasteiger partial charge in [0.15, 0.2) is 0 Å². The van der Waals surface area contributed by atoms with Crippen molar-refractivity contribution in [2.45, 2.75) is 104 Å². The highest BCUT2D eigenvalue weighted by molar-refractivity contribution is 7.85. The minimum Gasteiger partial charge on any atom is -0.481 e. The highest BCUT2D eigenvalue weighted by Crippen LogP contribution is 2.69. The zero-order valence-corrected chi connectivity index (χ0v) is 24.3. The summed E-state index contributed by atoms with van der Waals surface area (Å²) >= 11 is 0. The second kappa shape index (κ2) is 12.0. The van der Waals surface area contributed by atoms with Crippen molar-refractivity contribution in [3.05, 3.63) is 0 Å². The highest BCUT2D eigenvalue weighted by Gasteiger charge is 2.67. The molecule has 0 aromatic rings. The van der Waals surface area contributed by atoms with E-state index >= 15 is 0 Å². The van der Waals surface area contributed by atoms with Crippen molar-refractivity contribution in [1.82, 2.24) is 0 Å². The standard InChI is InChI=1S/C26H44O5.C2H7NO3S/c1-5-16-19-12-15(27)10-11-25(19,3)20-13-21(28)26(4)17(14(2)6-9-22(29)30)7-8-18(26)23(20)24(16)31;3-1-2-7(4,5)6/h14-21,23-24,27-28,31H,5-13H2,1-4H3,(H,29,30);1-3H2,(H,4,5,6)/t14-,15-,16-,17+,18+,19+,20+,21+,23+,24-,25+,26-;/m1./s1. The molecule has 0 aromatic carbocycles. The molecule has 10 heteroatoms. The van der Waals surface area contributed by atoms with E-state index in [1.165, 1.54) is 0 Å². The molecule has 4 saturated carbocycles. The maximum absolute atomic E-state index is 11.7. The number of rotatable bonds is 7. The van der Waals surface area contributed by atoms with Crippen molar-refractivity contribution in [2.75, 3.05) is 12.3 Å². The molecule has 4 aliphatic carbocycles. The summed E-state index contributed by atoms with van der Waals surface area (Å²) in [5.74, 6) is 0.773. The molecule has 222 valence electrons. The molecule has 0 heterocycles. The minimum atomic E-state index is -3.80. The average Bonchev–Trinajstić information content (AvgIpc) is 3.18. The number of nitrogens with two attached hydrogens (primary N) is 1. The van der Waals surface area contributed by atoms with Crippen LogP contribution in [0.1, 0.15) is 85.5 Å². The van der Waals surface area contributed by atoms with Crippen LogP contribution in [0.5, 0.6) is 0 Å². The number of hydrogen-bond acceptors (Lipinski definition) is 7. The number of carboxylic acids is 1. The average molecular weight is 562 g/mol. The molecule has 0 radical (unpaired) electrons. The molecule has 4 rings (SSSR count). The van der Waals surface area contributed by atoms with Gasteiger partial charge in [-0.2, -0.15) is 8.42 Å². The Morgan fingerprint density at radius 3 is 2.24 bits per heavy atom. The van der Waals surface area contributed by atoms with E-state index in [1.807, 2.05) is 0 Å². The Balaban J connectivity index is 0.000000505. The Bertz CT molecular complexity index is 930. The predicted octanol–water partition coefficient (Wildman–Crippen LogP) is 2.92. The Kier molecular flexibility index (Phi) is 10.0. The summed E-state index contributed by atoms with van der Waals surface area (Å²) in [6, 6.07) is 0. The van der Waals surface area contributed by atoms with Crippen molar-refractivity contribution in [3.63, 3.8) is 0 Å². The second-order valence-corrected chi connectivity index (χ2v) is 14.8. The highest BCUT2D eigenvalue weighted by atomic mass is 32.2. The van der Waals surface area contributed by atoms with E-state index in [2.05, 4.69) is 27.7 Å². The molecule has 4 aliphatic rings. The summed E-state index contributed by atoms with van der Waals surface area (Å²) < 4.78 is 27.3. The number of carbonyl (C=O) groups is 1. The Hall–Kier alpha value is -0.780. The summed E-state index contributed by atoms with van der Waals surface area (Å²) in [7, 11) is -3.80. The fourth-order valence-corrected chi connectivity index (χ4v) is 9.89. The molecule has 0 aromatic heterocycles. The molecule has 7 N–H and O–H groups in total. The van der Waals surface area contributed by atoms with Gasteiger partial charge in [-0.3, -0.25) is 9.35 Å². The largest absolute Gasteiger partial charge is 0.481 e. The first kappa shape index (κ1) is 31.7. The number of aliphatic carboxylic acids is 1. The van der Waals surface area contributed by atoms with Gasteiger partial charge in [-0.05, 0) is 97.2 Å². The maximum atomic E-state index is 11.7. The third-order valence-corrected chi connectivity index (χ3v) is 12.2. The summed E-state index contributed by atoms with van der Waals surface area (Å²) in [5.41, 5.74) is 4.59. The molecule has 0 bridgehead atoms. The van der Waals surface area contributed by atoms with Crippen LogP contribution in [0, 0.1) is 52.3 Å². The molecule has 0 amide bonds. The monoisotopic (exact) mass is 561 g/mol. The number of carboxylic acid groups (broad SMARTS) is 1. The molecular formula is C28H51NO8S. The molecule has 0 unspecified atom stereocenters. The van der Waals surface area contributed by atoms with Crippen molar-refractivity contribution in [3.8, 4) is 0 Å². The zero-order chi connectivity index (χ0) is 28.6. The molecule has 4 fully saturated rings. The molecule has 38 heavy (non-hydrogen) atoms. The molecule has 9 nitrogen and oxygen atoms in total. The van der Waals surface area contributed by atoms with Gasteiger partial charge in [0.05, 0.1) is 24.1 Å². The van der Waals surface area contributed by atoms with Gasteiger partial charge >= 0.3 is 5.97 Å². The van der Waals surface area contributed by atoms with Crippen molar-refractivity contribution >= 4 is 16.1 Å². The van der Waals surface area contributed by atoms with Crippen LogP contribution in [0.25, 0.3) is 0 Å². The van der Waals surface area contributed by atoms with E-state index in [0.29, 0.717) is 24.2 Å². The summed E-state index contributed by atoms with van der Waals surface area (Å²) in [4.78, 5) is 11.1. The SMILES string of the molecule is CC[C@H]1[C@@H](O)[C@@H]2[C@H](C[C@H](O)[C@@]3(C)[C@H]2CC[C@H]3[C@H](C)CCC(=O)O)[C@@]2(C)CC[C@@H](O)C[C@@H]12.NCCS(=O)(=O)O. The van der Waals surface area contributed by atoms with Crippen LogP contribution < -0.4 is 5.73 Å². The fourth-order valence-electron chi connectivity index (χ4n) is 9.59. The van der Waals surface area contributed by atoms with E-state index in [0.717, 1.165) is 44.9 Å². The van der Waals surface area contributed by atoms with Crippen LogP contribution in [0.15, 0.2) is 0 Å². The Morgan fingerprint density at radius 2 is 1.71 bits per heavy atom. The van der Waals surface area contributed by atoms with Crippen molar-refractivity contribution < 1.29 is 38.2 Å².